The van der Waals surface area contributed by atoms with Crippen LogP contribution in [0.3, 0.4) is 0 Å². The second-order valence-corrected chi connectivity index (χ2v) is 5.11. The van der Waals surface area contributed by atoms with Gasteiger partial charge in [0.25, 0.3) is 0 Å². The van der Waals surface area contributed by atoms with Crippen molar-refractivity contribution in [2.24, 2.45) is 5.84 Å². The summed E-state index contributed by atoms with van der Waals surface area (Å²) in [6.07, 6.45) is 5.50. The third-order valence-corrected chi connectivity index (χ3v) is 3.67. The zero-order valence-corrected chi connectivity index (χ0v) is 11.9. The molecule has 0 aromatic heterocycles. The summed E-state index contributed by atoms with van der Waals surface area (Å²) in [6, 6.07) is 0. The molecule has 2 N–H and O–H groups in total. The minimum absolute atomic E-state index is 0.419. The van der Waals surface area contributed by atoms with Gasteiger partial charge in [0.2, 0.25) is 0 Å². The SMILES string of the molecule is CC/C=C(\I)N(N)C(I)CCC. The molecular weight excluding hydrogens is 378 g/mol. The van der Waals surface area contributed by atoms with Crippen LogP contribution in [0.2, 0.25) is 0 Å². The molecule has 1 atom stereocenters. The second-order valence-electron chi connectivity index (χ2n) is 2.57. The zero-order valence-electron chi connectivity index (χ0n) is 7.56. The molecule has 0 aliphatic carbocycles. The molecule has 0 fully saturated rings. The summed E-state index contributed by atoms with van der Waals surface area (Å²) in [7, 11) is 0. The van der Waals surface area contributed by atoms with Crippen molar-refractivity contribution >= 4 is 45.2 Å². The van der Waals surface area contributed by atoms with E-state index in [9.17, 15) is 0 Å². The van der Waals surface area contributed by atoms with Crippen molar-refractivity contribution in [1.82, 2.24) is 5.01 Å². The lowest BCUT2D eigenvalue weighted by atomic mass is 10.3. The highest BCUT2D eigenvalue weighted by Gasteiger charge is 2.10. The zero-order chi connectivity index (χ0) is 9.56. The maximum absolute atomic E-state index is 5.88. The first kappa shape index (κ1) is 13.0. The van der Waals surface area contributed by atoms with Crippen LogP contribution in [0.1, 0.15) is 33.1 Å². The van der Waals surface area contributed by atoms with Crippen molar-refractivity contribution in [3.63, 3.8) is 0 Å². The van der Waals surface area contributed by atoms with Crippen molar-refractivity contribution in [3.05, 3.63) is 9.78 Å². The Hall–Kier alpha value is 0.960. The van der Waals surface area contributed by atoms with E-state index in [4.69, 9.17) is 5.84 Å². The van der Waals surface area contributed by atoms with E-state index >= 15 is 0 Å². The number of hydrogen-bond donors (Lipinski definition) is 1. The van der Waals surface area contributed by atoms with Crippen LogP contribution in [-0.4, -0.2) is 9.06 Å². The van der Waals surface area contributed by atoms with Crippen LogP contribution in [0.15, 0.2) is 9.78 Å². The topological polar surface area (TPSA) is 29.3 Å². The van der Waals surface area contributed by atoms with Gasteiger partial charge >= 0.3 is 0 Å². The minimum atomic E-state index is 0.419. The molecule has 0 aliphatic rings. The Kier molecular flexibility index (Phi) is 7.96. The molecule has 0 aromatic rings. The van der Waals surface area contributed by atoms with Gasteiger partial charge in [0.05, 0.1) is 7.75 Å². The molecule has 0 amide bonds. The first-order valence-electron chi connectivity index (χ1n) is 4.17. The van der Waals surface area contributed by atoms with Crippen LogP contribution in [-0.2, 0) is 0 Å². The highest BCUT2D eigenvalue weighted by molar-refractivity contribution is 14.1. The highest BCUT2D eigenvalue weighted by Crippen LogP contribution is 2.20. The van der Waals surface area contributed by atoms with E-state index in [0.29, 0.717) is 4.05 Å². The van der Waals surface area contributed by atoms with E-state index in [1.54, 1.807) is 0 Å². The average Bonchev–Trinajstić information content (AvgIpc) is 2.04. The molecule has 0 saturated heterocycles. The average molecular weight is 394 g/mol. The Bertz CT molecular complexity index is 148. The molecular formula is C8H16I2N2. The maximum Gasteiger partial charge on any atom is 0.0968 e. The fraction of sp³-hybridized carbons (Fsp3) is 0.750. The molecule has 0 bridgehead atoms. The minimum Gasteiger partial charge on any atom is -0.293 e. The Morgan fingerprint density at radius 1 is 1.58 bits per heavy atom. The highest BCUT2D eigenvalue weighted by atomic mass is 127. The normalized spacial score (nSPS) is 14.6. The van der Waals surface area contributed by atoms with Gasteiger partial charge in [-0.3, -0.25) is 5.01 Å². The van der Waals surface area contributed by atoms with Crippen molar-refractivity contribution in [2.45, 2.75) is 37.2 Å². The van der Waals surface area contributed by atoms with Crippen LogP contribution >= 0.6 is 45.2 Å². The number of nitrogens with zero attached hydrogens (tertiary/aromatic N) is 1. The molecule has 0 aromatic carbocycles. The van der Waals surface area contributed by atoms with Crippen LogP contribution in [0, 0.1) is 0 Å². The third kappa shape index (κ3) is 4.86. The Balaban J connectivity index is 3.99. The largest absolute Gasteiger partial charge is 0.293 e. The van der Waals surface area contributed by atoms with E-state index in [2.05, 4.69) is 65.1 Å². The van der Waals surface area contributed by atoms with Gasteiger partial charge in [0.15, 0.2) is 0 Å². The Labute approximate surface area is 102 Å². The van der Waals surface area contributed by atoms with Gasteiger partial charge in [-0.05, 0) is 35.4 Å². The van der Waals surface area contributed by atoms with Gasteiger partial charge in [-0.1, -0.05) is 48.9 Å². The van der Waals surface area contributed by atoms with E-state index in [-0.39, 0.29) is 0 Å². The number of hydrazine groups is 1. The molecule has 0 radical (unpaired) electrons. The van der Waals surface area contributed by atoms with Gasteiger partial charge < -0.3 is 0 Å². The van der Waals surface area contributed by atoms with Gasteiger partial charge in [0, 0.05) is 0 Å². The summed E-state index contributed by atoms with van der Waals surface area (Å²) in [6.45, 7) is 4.30. The number of halogens is 2. The van der Waals surface area contributed by atoms with E-state index < -0.39 is 0 Å². The molecule has 0 heterocycles. The first-order valence-corrected chi connectivity index (χ1v) is 6.49. The summed E-state index contributed by atoms with van der Waals surface area (Å²) in [5, 5.41) is 1.84. The summed E-state index contributed by atoms with van der Waals surface area (Å²) >= 11 is 4.66. The molecule has 2 nitrogen and oxygen atoms in total. The Morgan fingerprint density at radius 2 is 2.17 bits per heavy atom. The standard InChI is InChI=1S/C8H16I2N2/c1-3-5-7(9)12(11)8(10)6-4-2/h5,8H,3-4,6,11H2,1-2H3/b7-5+. The van der Waals surface area contributed by atoms with Crippen LogP contribution in [0.5, 0.6) is 0 Å². The lowest BCUT2D eigenvalue weighted by Gasteiger charge is -2.23. The smallest absolute Gasteiger partial charge is 0.0968 e. The van der Waals surface area contributed by atoms with Crippen molar-refractivity contribution < 1.29 is 0 Å². The number of allylic oxidation sites excluding steroid dienone is 1. The predicted octanol–water partition coefficient (Wildman–Crippen LogP) is 3.41. The summed E-state index contributed by atoms with van der Waals surface area (Å²) < 4.78 is 1.56. The van der Waals surface area contributed by atoms with Crippen LogP contribution in [0.25, 0.3) is 0 Å². The molecule has 0 saturated carbocycles. The lowest BCUT2D eigenvalue weighted by Crippen LogP contribution is -2.34. The van der Waals surface area contributed by atoms with Gasteiger partial charge in [-0.25, -0.2) is 5.84 Å². The number of alkyl halides is 1. The number of nitrogens with two attached hydrogens (primary N) is 1. The van der Waals surface area contributed by atoms with E-state index in [1.165, 1.54) is 6.42 Å². The first-order chi connectivity index (χ1) is 5.63. The van der Waals surface area contributed by atoms with Crippen molar-refractivity contribution in [1.29, 1.82) is 0 Å². The van der Waals surface area contributed by atoms with Gasteiger partial charge in [-0.2, -0.15) is 0 Å². The summed E-state index contributed by atoms with van der Waals surface area (Å²) in [5.41, 5.74) is 0. The monoisotopic (exact) mass is 394 g/mol. The fourth-order valence-corrected chi connectivity index (χ4v) is 3.02. The van der Waals surface area contributed by atoms with Crippen LogP contribution < -0.4 is 5.84 Å². The van der Waals surface area contributed by atoms with E-state index in [1.807, 2.05) is 5.01 Å². The number of hydrogen-bond acceptors (Lipinski definition) is 2. The van der Waals surface area contributed by atoms with E-state index in [0.717, 1.165) is 16.5 Å². The molecule has 1 unspecified atom stereocenters. The second kappa shape index (κ2) is 7.37. The fourth-order valence-electron chi connectivity index (χ4n) is 0.785. The molecule has 12 heavy (non-hydrogen) atoms. The predicted molar refractivity (Wildman–Crippen MR) is 71.1 cm³/mol. The quantitative estimate of drug-likeness (QED) is 0.255. The Morgan fingerprint density at radius 3 is 2.58 bits per heavy atom. The summed E-state index contributed by atoms with van der Waals surface area (Å²) in [4.78, 5) is 0. The van der Waals surface area contributed by atoms with Crippen molar-refractivity contribution in [2.75, 3.05) is 0 Å². The maximum atomic E-state index is 5.88. The van der Waals surface area contributed by atoms with Gasteiger partial charge in [-0.15, -0.1) is 0 Å². The van der Waals surface area contributed by atoms with Crippen LogP contribution in [0.4, 0.5) is 0 Å². The lowest BCUT2D eigenvalue weighted by molar-refractivity contribution is 0.361. The third-order valence-electron chi connectivity index (χ3n) is 1.45. The van der Waals surface area contributed by atoms with Crippen molar-refractivity contribution in [3.8, 4) is 0 Å². The molecule has 4 heteroatoms. The van der Waals surface area contributed by atoms with Gasteiger partial charge in [0.1, 0.15) is 0 Å². The molecule has 0 spiro atoms. The summed E-state index contributed by atoms with van der Waals surface area (Å²) in [5.74, 6) is 5.88. The molecule has 72 valence electrons. The molecule has 0 aliphatic heterocycles. The molecule has 0 rings (SSSR count). The number of rotatable bonds is 5.